The summed E-state index contributed by atoms with van der Waals surface area (Å²) in [6.07, 6.45) is 9.40. The second kappa shape index (κ2) is 6.14. The molecule has 21 heavy (non-hydrogen) atoms. The van der Waals surface area contributed by atoms with Crippen molar-refractivity contribution >= 4 is 6.03 Å². The molecule has 0 radical (unpaired) electrons. The molecule has 2 N–H and O–H groups in total. The van der Waals surface area contributed by atoms with E-state index in [4.69, 9.17) is 5.53 Å². The molecule has 4 rings (SSSR count). The fraction of sp³-hybridized carbons (Fsp3) is 0.933. The number of carbonyl (C=O) groups is 1. The zero-order valence-electron chi connectivity index (χ0n) is 12.6. The van der Waals surface area contributed by atoms with Crippen molar-refractivity contribution in [2.45, 2.75) is 56.9 Å². The van der Waals surface area contributed by atoms with E-state index in [1.807, 2.05) is 0 Å². The predicted octanol–water partition coefficient (Wildman–Crippen LogP) is 3.34. The Morgan fingerprint density at radius 1 is 1.14 bits per heavy atom. The summed E-state index contributed by atoms with van der Waals surface area (Å²) in [6, 6.07) is -0.0132. The number of carbonyl (C=O) groups excluding carboxylic acids is 1. The van der Waals surface area contributed by atoms with Crippen LogP contribution in [-0.2, 0) is 0 Å². The number of hydrogen-bond acceptors (Lipinski definition) is 2. The second-order valence-electron chi connectivity index (χ2n) is 7.24. The summed E-state index contributed by atoms with van der Waals surface area (Å²) in [6.45, 7) is 1.16. The van der Waals surface area contributed by atoms with Crippen LogP contribution in [0.2, 0.25) is 0 Å². The van der Waals surface area contributed by atoms with E-state index in [0.717, 1.165) is 30.6 Å². The number of amides is 2. The lowest BCUT2D eigenvalue weighted by atomic mass is 9.53. The van der Waals surface area contributed by atoms with Gasteiger partial charge in [0, 0.05) is 23.5 Å². The van der Waals surface area contributed by atoms with E-state index in [0.29, 0.717) is 13.1 Å². The lowest BCUT2D eigenvalue weighted by Gasteiger charge is -2.56. The monoisotopic (exact) mass is 291 g/mol. The van der Waals surface area contributed by atoms with Crippen molar-refractivity contribution < 1.29 is 4.79 Å². The molecular formula is C15H25N5O. The number of nitrogens with zero attached hydrogens (tertiary/aromatic N) is 3. The zero-order chi connectivity index (χ0) is 14.7. The predicted molar refractivity (Wildman–Crippen MR) is 80.7 cm³/mol. The summed E-state index contributed by atoms with van der Waals surface area (Å²) < 4.78 is 0. The molecule has 4 aliphatic carbocycles. The van der Waals surface area contributed by atoms with Crippen molar-refractivity contribution in [1.29, 1.82) is 0 Å². The molecule has 116 valence electrons. The van der Waals surface area contributed by atoms with E-state index in [2.05, 4.69) is 20.7 Å². The van der Waals surface area contributed by atoms with Gasteiger partial charge in [0.25, 0.3) is 0 Å². The molecule has 4 saturated carbocycles. The Hall–Kier alpha value is -1.42. The van der Waals surface area contributed by atoms with Gasteiger partial charge in [0.15, 0.2) is 0 Å². The Bertz CT molecular complexity index is 408. The first-order valence-electron chi connectivity index (χ1n) is 8.26. The van der Waals surface area contributed by atoms with Gasteiger partial charge in [-0.15, -0.1) is 0 Å². The van der Waals surface area contributed by atoms with E-state index in [1.165, 1.54) is 38.5 Å². The van der Waals surface area contributed by atoms with Gasteiger partial charge in [0.1, 0.15) is 0 Å². The van der Waals surface area contributed by atoms with Crippen LogP contribution in [0, 0.1) is 17.8 Å². The first-order valence-corrected chi connectivity index (χ1v) is 8.26. The van der Waals surface area contributed by atoms with Crippen LogP contribution in [0.4, 0.5) is 4.79 Å². The number of urea groups is 1. The largest absolute Gasteiger partial charge is 0.338 e. The SMILES string of the molecule is [N-]=[N+]=NCCCCNC(=O)NC12CC3CC(CC(C3)C1)C2. The molecule has 4 aliphatic rings. The molecule has 6 heteroatoms. The van der Waals surface area contributed by atoms with Crippen molar-refractivity contribution in [2.75, 3.05) is 13.1 Å². The van der Waals surface area contributed by atoms with Crippen molar-refractivity contribution in [3.05, 3.63) is 10.4 Å². The number of azide groups is 1. The second-order valence-corrected chi connectivity index (χ2v) is 7.24. The van der Waals surface area contributed by atoms with Gasteiger partial charge in [-0.1, -0.05) is 5.11 Å². The highest BCUT2D eigenvalue weighted by Crippen LogP contribution is 2.55. The fourth-order valence-corrected chi connectivity index (χ4v) is 5.10. The number of rotatable bonds is 6. The minimum Gasteiger partial charge on any atom is -0.338 e. The third-order valence-corrected chi connectivity index (χ3v) is 5.45. The summed E-state index contributed by atoms with van der Waals surface area (Å²) in [4.78, 5) is 14.8. The molecule has 4 fully saturated rings. The molecule has 0 aromatic carbocycles. The molecule has 0 unspecified atom stereocenters. The van der Waals surface area contributed by atoms with Crippen molar-refractivity contribution in [2.24, 2.45) is 22.9 Å². The standard InChI is InChI=1S/C15H25N5O/c16-20-18-4-2-1-3-17-14(21)19-15-8-11-5-12(9-15)7-13(6-11)10-15/h11-13H,1-10H2,(H2,17,19,21). The summed E-state index contributed by atoms with van der Waals surface area (Å²) in [7, 11) is 0. The molecule has 2 amide bonds. The Balaban J connectivity index is 1.41. The third-order valence-electron chi connectivity index (χ3n) is 5.45. The van der Waals surface area contributed by atoms with Crippen LogP contribution in [-0.4, -0.2) is 24.7 Å². The van der Waals surface area contributed by atoms with E-state index in [1.54, 1.807) is 0 Å². The molecule has 0 heterocycles. The lowest BCUT2D eigenvalue weighted by molar-refractivity contribution is -0.0135. The Labute approximate surface area is 125 Å². The van der Waals surface area contributed by atoms with Crippen molar-refractivity contribution in [3.8, 4) is 0 Å². The van der Waals surface area contributed by atoms with Gasteiger partial charge in [-0.25, -0.2) is 4.79 Å². The first-order chi connectivity index (χ1) is 10.2. The van der Waals surface area contributed by atoms with Crippen LogP contribution in [0.15, 0.2) is 5.11 Å². The maximum atomic E-state index is 12.1. The first kappa shape index (κ1) is 14.5. The smallest absolute Gasteiger partial charge is 0.315 e. The van der Waals surface area contributed by atoms with E-state index in [9.17, 15) is 4.79 Å². The topological polar surface area (TPSA) is 89.9 Å². The molecule has 0 saturated heterocycles. The molecule has 0 spiro atoms. The van der Waals surface area contributed by atoms with Crippen molar-refractivity contribution in [3.63, 3.8) is 0 Å². The summed E-state index contributed by atoms with van der Waals surface area (Å²) in [5.41, 5.74) is 8.27. The number of unbranched alkanes of at least 4 members (excludes halogenated alkanes) is 1. The average Bonchev–Trinajstić information content (AvgIpc) is 2.40. The van der Waals surface area contributed by atoms with Crippen LogP contribution >= 0.6 is 0 Å². The molecule has 0 aromatic rings. The van der Waals surface area contributed by atoms with Crippen molar-refractivity contribution in [1.82, 2.24) is 10.6 Å². The van der Waals surface area contributed by atoms with Crippen LogP contribution < -0.4 is 10.6 Å². The van der Waals surface area contributed by atoms with Gasteiger partial charge < -0.3 is 10.6 Å². The molecule has 4 bridgehead atoms. The molecule has 0 aliphatic heterocycles. The van der Waals surface area contributed by atoms with Crippen LogP contribution in [0.3, 0.4) is 0 Å². The van der Waals surface area contributed by atoms with Crippen LogP contribution in [0.25, 0.3) is 10.4 Å². The highest BCUT2D eigenvalue weighted by Gasteiger charge is 2.51. The highest BCUT2D eigenvalue weighted by molar-refractivity contribution is 5.74. The minimum atomic E-state index is -0.0132. The number of nitrogens with one attached hydrogen (secondary N) is 2. The quantitative estimate of drug-likeness (QED) is 0.334. The van der Waals surface area contributed by atoms with E-state index >= 15 is 0 Å². The molecule has 6 nitrogen and oxygen atoms in total. The molecular weight excluding hydrogens is 266 g/mol. The van der Waals surface area contributed by atoms with Crippen LogP contribution in [0.5, 0.6) is 0 Å². The Morgan fingerprint density at radius 3 is 2.33 bits per heavy atom. The average molecular weight is 291 g/mol. The van der Waals surface area contributed by atoms with Gasteiger partial charge in [-0.2, -0.15) is 0 Å². The highest BCUT2D eigenvalue weighted by atomic mass is 16.2. The van der Waals surface area contributed by atoms with Gasteiger partial charge in [0.05, 0.1) is 0 Å². The summed E-state index contributed by atoms with van der Waals surface area (Å²) in [5, 5.41) is 9.73. The van der Waals surface area contributed by atoms with Crippen LogP contribution in [0.1, 0.15) is 51.4 Å². The Kier molecular flexibility index (Phi) is 4.24. The summed E-state index contributed by atoms with van der Waals surface area (Å²) >= 11 is 0. The van der Waals surface area contributed by atoms with E-state index < -0.39 is 0 Å². The fourth-order valence-electron chi connectivity index (χ4n) is 5.10. The minimum absolute atomic E-state index is 0.0132. The molecule has 0 atom stereocenters. The normalized spacial score (nSPS) is 36.1. The zero-order valence-corrected chi connectivity index (χ0v) is 12.6. The number of hydrogen-bond donors (Lipinski definition) is 2. The third kappa shape index (κ3) is 3.43. The Morgan fingerprint density at radius 2 is 1.76 bits per heavy atom. The molecule has 0 aromatic heterocycles. The van der Waals surface area contributed by atoms with E-state index in [-0.39, 0.29) is 11.6 Å². The maximum Gasteiger partial charge on any atom is 0.315 e. The van der Waals surface area contributed by atoms with Gasteiger partial charge in [0.2, 0.25) is 0 Å². The maximum absolute atomic E-state index is 12.1. The lowest BCUT2D eigenvalue weighted by Crippen LogP contribution is -2.61. The van der Waals surface area contributed by atoms with Gasteiger partial charge in [-0.3, -0.25) is 0 Å². The van der Waals surface area contributed by atoms with Gasteiger partial charge >= 0.3 is 6.03 Å². The van der Waals surface area contributed by atoms with Gasteiger partial charge in [-0.05, 0) is 74.7 Å². The summed E-state index contributed by atoms with van der Waals surface area (Å²) in [5.74, 6) is 2.54.